The third kappa shape index (κ3) is 0.819. The molecular weight excluding hydrogens is 115 g/mol. The van der Waals surface area contributed by atoms with Crippen molar-refractivity contribution in [2.45, 2.75) is 12.0 Å². The first-order chi connectivity index (χ1) is 3.63. The van der Waals surface area contributed by atoms with Crippen LogP contribution in [-0.4, -0.2) is 28.8 Å². The second-order valence-corrected chi connectivity index (χ2v) is 1.69. The number of halogens is 1. The Morgan fingerprint density at radius 1 is 1.88 bits per heavy atom. The largest absolute Gasteiger partial charge is 0.385 e. The highest BCUT2D eigenvalue weighted by atomic mass is 19.2. The van der Waals surface area contributed by atoms with E-state index < -0.39 is 12.0 Å². The summed E-state index contributed by atoms with van der Waals surface area (Å²) < 4.78 is 16.4. The lowest BCUT2D eigenvalue weighted by atomic mass is 10.2. The van der Waals surface area contributed by atoms with E-state index in [1.807, 2.05) is 0 Å². The number of ether oxygens (including phenoxy) is 1. The van der Waals surface area contributed by atoms with Crippen LogP contribution in [0.15, 0.2) is 0 Å². The van der Waals surface area contributed by atoms with Gasteiger partial charge in [0.15, 0.2) is 6.61 Å². The Hall–Kier alpha value is -0.190. The van der Waals surface area contributed by atoms with E-state index in [-0.39, 0.29) is 6.61 Å². The van der Waals surface area contributed by atoms with Crippen molar-refractivity contribution < 1.29 is 19.3 Å². The molecule has 47 valence electrons. The van der Waals surface area contributed by atoms with E-state index in [9.17, 15) is 4.39 Å². The molecule has 8 heavy (non-hydrogen) atoms. The molecule has 1 heterocycles. The first-order valence-electron chi connectivity index (χ1n) is 2.18. The Labute approximate surface area is 45.7 Å². The molecule has 0 aliphatic carbocycles. The van der Waals surface area contributed by atoms with Crippen LogP contribution in [-0.2, 0) is 4.74 Å². The van der Waals surface area contributed by atoms with Crippen LogP contribution in [0.1, 0.15) is 0 Å². The molecule has 1 aliphatic rings. The van der Waals surface area contributed by atoms with Gasteiger partial charge in [0.05, 0.1) is 6.61 Å². The summed E-state index contributed by atoms with van der Waals surface area (Å²) >= 11 is 0. The molecule has 2 atom stereocenters. The second-order valence-electron chi connectivity index (χ2n) is 1.69. The monoisotopic (exact) mass is 121 g/mol. The van der Waals surface area contributed by atoms with Crippen molar-refractivity contribution in [3.05, 3.63) is 6.61 Å². The smallest absolute Gasteiger partial charge is 0.264 e. The van der Waals surface area contributed by atoms with E-state index in [4.69, 9.17) is 10.2 Å². The average Bonchev–Trinajstić information content (AvgIpc) is 1.86. The summed E-state index contributed by atoms with van der Waals surface area (Å²) in [7, 11) is 0. The molecule has 0 aromatic heterocycles. The zero-order chi connectivity index (χ0) is 6.20. The Kier molecular flexibility index (Phi) is 1.22. The highest BCUT2D eigenvalue weighted by Gasteiger charge is 2.42. The van der Waals surface area contributed by atoms with Gasteiger partial charge >= 0.3 is 0 Å². The van der Waals surface area contributed by atoms with E-state index in [1.54, 1.807) is 0 Å². The predicted octanol–water partition coefficient (Wildman–Crippen LogP) is -0.803. The topological polar surface area (TPSA) is 49.7 Å². The van der Waals surface area contributed by atoms with Gasteiger partial charge in [-0.25, -0.2) is 4.39 Å². The van der Waals surface area contributed by atoms with Gasteiger partial charge in [0.25, 0.3) is 5.85 Å². The molecule has 0 aromatic rings. The van der Waals surface area contributed by atoms with Crippen molar-refractivity contribution >= 4 is 0 Å². The number of aliphatic hydroxyl groups is 2. The van der Waals surface area contributed by atoms with Crippen molar-refractivity contribution in [1.29, 1.82) is 0 Å². The summed E-state index contributed by atoms with van der Waals surface area (Å²) in [5.74, 6) is -2.64. The van der Waals surface area contributed by atoms with E-state index in [1.165, 1.54) is 0 Å². The highest BCUT2D eigenvalue weighted by Crippen LogP contribution is 2.23. The van der Waals surface area contributed by atoms with Crippen molar-refractivity contribution in [1.82, 2.24) is 0 Å². The molecule has 0 unspecified atom stereocenters. The third-order valence-electron chi connectivity index (χ3n) is 0.970. The van der Waals surface area contributed by atoms with Crippen LogP contribution in [0.2, 0.25) is 0 Å². The fourth-order valence-corrected chi connectivity index (χ4v) is 0.452. The summed E-state index contributed by atoms with van der Waals surface area (Å²) in [5.41, 5.74) is 0. The van der Waals surface area contributed by atoms with E-state index in [2.05, 4.69) is 4.74 Å². The molecule has 0 bridgehead atoms. The van der Waals surface area contributed by atoms with Crippen LogP contribution < -0.4 is 0 Å². The Balaban J connectivity index is 2.54. The molecule has 3 nitrogen and oxygen atoms in total. The summed E-state index contributed by atoms with van der Waals surface area (Å²) in [6.45, 7) is 0.407. The fourth-order valence-electron chi connectivity index (χ4n) is 0.452. The lowest BCUT2D eigenvalue weighted by Crippen LogP contribution is -2.33. The standard InChI is InChI=1S/C4H6FO3/c5-4(7)2-8-1-3(4)6/h2-3,6-7H,1H2/t3-,4+/m1/s1. The van der Waals surface area contributed by atoms with Gasteiger partial charge in [-0.2, -0.15) is 0 Å². The molecule has 1 radical (unpaired) electrons. The average molecular weight is 121 g/mol. The SMILES string of the molecule is O[C@@H]1CO[CH][C@@]1(O)F. The normalized spacial score (nSPS) is 47.6. The van der Waals surface area contributed by atoms with Gasteiger partial charge in [-0.05, 0) is 0 Å². The van der Waals surface area contributed by atoms with Crippen LogP contribution in [0, 0.1) is 6.61 Å². The van der Waals surface area contributed by atoms with Crippen LogP contribution in [0.25, 0.3) is 0 Å². The highest BCUT2D eigenvalue weighted by molar-refractivity contribution is 4.89. The van der Waals surface area contributed by atoms with Crippen molar-refractivity contribution in [3.63, 3.8) is 0 Å². The van der Waals surface area contributed by atoms with Crippen molar-refractivity contribution in [2.24, 2.45) is 0 Å². The molecule has 0 saturated carbocycles. The minimum Gasteiger partial charge on any atom is -0.385 e. The summed E-state index contributed by atoms with van der Waals surface area (Å²) in [6.07, 6.45) is -1.43. The number of rotatable bonds is 0. The van der Waals surface area contributed by atoms with Crippen molar-refractivity contribution in [2.75, 3.05) is 6.61 Å². The molecule has 2 N–H and O–H groups in total. The molecule has 1 fully saturated rings. The summed E-state index contributed by atoms with van der Waals surface area (Å²) in [5, 5.41) is 16.8. The first-order valence-corrected chi connectivity index (χ1v) is 2.18. The number of hydrogen-bond donors (Lipinski definition) is 2. The maximum Gasteiger partial charge on any atom is 0.264 e. The molecule has 0 amide bonds. The van der Waals surface area contributed by atoms with Gasteiger partial charge in [0, 0.05) is 0 Å². The number of hydrogen-bond acceptors (Lipinski definition) is 3. The Bertz CT molecular complexity index is 93.3. The van der Waals surface area contributed by atoms with E-state index in [0.717, 1.165) is 0 Å². The number of alkyl halides is 1. The minimum atomic E-state index is -2.64. The molecule has 1 aliphatic heterocycles. The Morgan fingerprint density at radius 2 is 2.50 bits per heavy atom. The molecule has 4 heteroatoms. The summed E-state index contributed by atoms with van der Waals surface area (Å²) in [4.78, 5) is 0. The van der Waals surface area contributed by atoms with Gasteiger partial charge in [-0.1, -0.05) is 0 Å². The van der Waals surface area contributed by atoms with Gasteiger partial charge in [0.1, 0.15) is 6.10 Å². The van der Waals surface area contributed by atoms with Crippen LogP contribution in [0.5, 0.6) is 0 Å². The molecule has 0 aromatic carbocycles. The summed E-state index contributed by atoms with van der Waals surface area (Å²) in [6, 6.07) is 0. The molecule has 1 rings (SSSR count). The molecule has 1 saturated heterocycles. The first kappa shape index (κ1) is 5.94. The zero-order valence-corrected chi connectivity index (χ0v) is 4.04. The lowest BCUT2D eigenvalue weighted by Gasteiger charge is -2.11. The van der Waals surface area contributed by atoms with Crippen LogP contribution >= 0.6 is 0 Å². The second kappa shape index (κ2) is 1.65. The maximum atomic E-state index is 12.1. The zero-order valence-electron chi connectivity index (χ0n) is 4.04. The maximum absolute atomic E-state index is 12.1. The van der Waals surface area contributed by atoms with E-state index in [0.29, 0.717) is 6.61 Å². The van der Waals surface area contributed by atoms with Gasteiger partial charge in [-0.3, -0.25) is 0 Å². The van der Waals surface area contributed by atoms with Gasteiger partial charge < -0.3 is 14.9 Å². The van der Waals surface area contributed by atoms with Crippen molar-refractivity contribution in [3.8, 4) is 0 Å². The van der Waals surface area contributed by atoms with Gasteiger partial charge in [-0.15, -0.1) is 0 Å². The molecular formula is C4H6FO3. The van der Waals surface area contributed by atoms with E-state index >= 15 is 0 Å². The third-order valence-corrected chi connectivity index (χ3v) is 0.970. The quantitative estimate of drug-likeness (QED) is 0.441. The lowest BCUT2D eigenvalue weighted by molar-refractivity contribution is -0.124. The fraction of sp³-hybridized carbons (Fsp3) is 0.750. The predicted molar refractivity (Wildman–Crippen MR) is 22.3 cm³/mol. The van der Waals surface area contributed by atoms with Crippen LogP contribution in [0.3, 0.4) is 0 Å². The molecule has 0 spiro atoms. The Morgan fingerprint density at radius 3 is 2.62 bits per heavy atom. The number of aliphatic hydroxyl groups excluding tert-OH is 1. The van der Waals surface area contributed by atoms with Gasteiger partial charge in [0.2, 0.25) is 0 Å². The minimum absolute atomic E-state index is 0.174. The van der Waals surface area contributed by atoms with Crippen LogP contribution in [0.4, 0.5) is 4.39 Å².